The zero-order valence-electron chi connectivity index (χ0n) is 8.73. The third-order valence-electron chi connectivity index (χ3n) is 2.66. The van der Waals surface area contributed by atoms with Gasteiger partial charge in [-0.1, -0.05) is 6.07 Å². The van der Waals surface area contributed by atoms with E-state index in [2.05, 4.69) is 9.88 Å². The van der Waals surface area contributed by atoms with Crippen molar-refractivity contribution in [1.29, 1.82) is 0 Å². The molecular weight excluding hydrogens is 192 g/mol. The van der Waals surface area contributed by atoms with E-state index in [0.717, 1.165) is 30.8 Å². The van der Waals surface area contributed by atoms with Crippen LogP contribution in [0, 0.1) is 0 Å². The van der Waals surface area contributed by atoms with Gasteiger partial charge in [0.15, 0.2) is 0 Å². The number of carbonyl (C=O) groups is 1. The van der Waals surface area contributed by atoms with Gasteiger partial charge < -0.3 is 10.0 Å². The normalized spacial score (nSPS) is 14.9. The van der Waals surface area contributed by atoms with Crippen molar-refractivity contribution in [1.82, 2.24) is 4.98 Å². The quantitative estimate of drug-likeness (QED) is 0.787. The minimum Gasteiger partial charge on any atom is -0.481 e. The summed E-state index contributed by atoms with van der Waals surface area (Å²) >= 11 is 0. The summed E-state index contributed by atoms with van der Waals surface area (Å²) in [4.78, 5) is 17.0. The number of rotatable bonds is 2. The van der Waals surface area contributed by atoms with E-state index >= 15 is 0 Å². The molecule has 0 amide bonds. The fraction of sp³-hybridized carbons (Fsp3) is 0.455. The Morgan fingerprint density at radius 2 is 2.47 bits per heavy atom. The van der Waals surface area contributed by atoms with Gasteiger partial charge in [0.05, 0.1) is 6.42 Å². The van der Waals surface area contributed by atoms with Crippen LogP contribution in [0.25, 0.3) is 0 Å². The number of aromatic nitrogens is 1. The lowest BCUT2D eigenvalue weighted by Crippen LogP contribution is -2.26. The number of aryl methyl sites for hydroxylation is 1. The lowest BCUT2D eigenvalue weighted by molar-refractivity contribution is -0.136. The molecule has 0 spiro atoms. The average Bonchev–Trinajstić information content (AvgIpc) is 2.17. The van der Waals surface area contributed by atoms with Crippen LogP contribution in [0.1, 0.15) is 17.5 Å². The predicted octanol–water partition coefficient (Wildman–Crippen LogP) is 1.09. The molecule has 0 unspecified atom stereocenters. The Morgan fingerprint density at radius 1 is 1.67 bits per heavy atom. The minimum absolute atomic E-state index is 0.0595. The number of hydrogen-bond donors (Lipinski definition) is 1. The van der Waals surface area contributed by atoms with E-state index in [9.17, 15) is 4.79 Å². The van der Waals surface area contributed by atoms with Gasteiger partial charge in [0.2, 0.25) is 0 Å². The van der Waals surface area contributed by atoms with Crippen LogP contribution in [0.3, 0.4) is 0 Å². The molecular formula is C11H14N2O2. The molecule has 0 fully saturated rings. The second-order valence-corrected chi connectivity index (χ2v) is 3.92. The van der Waals surface area contributed by atoms with E-state index < -0.39 is 5.97 Å². The van der Waals surface area contributed by atoms with Gasteiger partial charge >= 0.3 is 5.97 Å². The second kappa shape index (κ2) is 3.88. The lowest BCUT2D eigenvalue weighted by atomic mass is 10.0. The first kappa shape index (κ1) is 9.96. The molecule has 4 nitrogen and oxygen atoms in total. The highest BCUT2D eigenvalue weighted by Crippen LogP contribution is 2.24. The monoisotopic (exact) mass is 206 g/mol. The first-order valence-corrected chi connectivity index (χ1v) is 5.07. The van der Waals surface area contributed by atoms with E-state index in [-0.39, 0.29) is 6.42 Å². The summed E-state index contributed by atoms with van der Waals surface area (Å²) in [6, 6.07) is 1.96. The number of fused-ring (bicyclic) bond motifs is 1. The zero-order chi connectivity index (χ0) is 10.8. The summed E-state index contributed by atoms with van der Waals surface area (Å²) < 4.78 is 0. The van der Waals surface area contributed by atoms with Crippen LogP contribution < -0.4 is 4.90 Å². The molecule has 0 radical (unpaired) electrons. The summed E-state index contributed by atoms with van der Waals surface area (Å²) in [5.74, 6) is 0.191. The molecule has 0 bridgehead atoms. The van der Waals surface area contributed by atoms with Crippen molar-refractivity contribution in [3.63, 3.8) is 0 Å². The van der Waals surface area contributed by atoms with E-state index in [1.807, 2.05) is 13.1 Å². The fourth-order valence-electron chi connectivity index (χ4n) is 1.96. The van der Waals surface area contributed by atoms with E-state index in [1.165, 1.54) is 5.56 Å². The Morgan fingerprint density at radius 3 is 3.20 bits per heavy atom. The first-order valence-electron chi connectivity index (χ1n) is 5.07. The number of anilines is 1. The summed E-state index contributed by atoms with van der Waals surface area (Å²) in [5.41, 5.74) is 1.96. The van der Waals surface area contributed by atoms with Gasteiger partial charge in [0.1, 0.15) is 5.82 Å². The summed E-state index contributed by atoms with van der Waals surface area (Å²) in [5, 5.41) is 8.68. The van der Waals surface area contributed by atoms with Crippen LogP contribution in [0.5, 0.6) is 0 Å². The van der Waals surface area contributed by atoms with Crippen molar-refractivity contribution in [2.24, 2.45) is 0 Å². The fourth-order valence-corrected chi connectivity index (χ4v) is 1.96. The third kappa shape index (κ3) is 2.09. The van der Waals surface area contributed by atoms with Gasteiger partial charge in [-0.25, -0.2) is 4.98 Å². The van der Waals surface area contributed by atoms with Crippen molar-refractivity contribution >= 4 is 11.8 Å². The van der Waals surface area contributed by atoms with E-state index in [4.69, 9.17) is 5.11 Å². The number of carboxylic acid groups (broad SMARTS) is 1. The standard InChI is InChI=1S/C11H14N2O2/c1-13-4-2-3-9-5-8(6-10(14)15)7-12-11(9)13/h5,7H,2-4,6H2,1H3,(H,14,15). The van der Waals surface area contributed by atoms with Crippen molar-refractivity contribution in [3.05, 3.63) is 23.4 Å². The van der Waals surface area contributed by atoms with E-state index in [1.54, 1.807) is 6.20 Å². The van der Waals surface area contributed by atoms with Crippen LogP contribution in [-0.4, -0.2) is 29.7 Å². The number of hydrogen-bond acceptors (Lipinski definition) is 3. The summed E-state index contributed by atoms with van der Waals surface area (Å²) in [6.07, 6.45) is 3.83. The number of carboxylic acids is 1. The smallest absolute Gasteiger partial charge is 0.307 e. The molecule has 0 saturated carbocycles. The molecule has 1 N–H and O–H groups in total. The molecule has 4 heteroatoms. The second-order valence-electron chi connectivity index (χ2n) is 3.92. The van der Waals surface area contributed by atoms with Gasteiger partial charge in [-0.3, -0.25) is 4.79 Å². The Balaban J connectivity index is 2.29. The van der Waals surface area contributed by atoms with E-state index in [0.29, 0.717) is 0 Å². The Labute approximate surface area is 88.6 Å². The average molecular weight is 206 g/mol. The van der Waals surface area contributed by atoms with Crippen LogP contribution in [-0.2, 0) is 17.6 Å². The molecule has 1 aliphatic rings. The van der Waals surface area contributed by atoms with Gasteiger partial charge in [0.25, 0.3) is 0 Å². The van der Waals surface area contributed by atoms with Crippen molar-refractivity contribution in [2.45, 2.75) is 19.3 Å². The van der Waals surface area contributed by atoms with Gasteiger partial charge in [0, 0.05) is 19.8 Å². The van der Waals surface area contributed by atoms with Gasteiger partial charge in [-0.15, -0.1) is 0 Å². The Kier molecular flexibility index (Phi) is 2.58. The number of pyridine rings is 1. The van der Waals surface area contributed by atoms with Crippen LogP contribution in [0.4, 0.5) is 5.82 Å². The predicted molar refractivity (Wildman–Crippen MR) is 57.2 cm³/mol. The molecule has 0 atom stereocenters. The van der Waals surface area contributed by atoms with Gasteiger partial charge in [-0.2, -0.15) is 0 Å². The van der Waals surface area contributed by atoms with Gasteiger partial charge in [-0.05, 0) is 24.0 Å². The van der Waals surface area contributed by atoms with Crippen LogP contribution in [0.2, 0.25) is 0 Å². The molecule has 1 aromatic rings. The zero-order valence-corrected chi connectivity index (χ0v) is 8.73. The molecule has 80 valence electrons. The Hall–Kier alpha value is -1.58. The summed E-state index contributed by atoms with van der Waals surface area (Å²) in [7, 11) is 2.02. The van der Waals surface area contributed by atoms with Crippen molar-refractivity contribution in [2.75, 3.05) is 18.5 Å². The van der Waals surface area contributed by atoms with Crippen LogP contribution >= 0.6 is 0 Å². The maximum absolute atomic E-state index is 10.6. The molecule has 1 aliphatic heterocycles. The molecule has 2 rings (SSSR count). The molecule has 15 heavy (non-hydrogen) atoms. The highest BCUT2D eigenvalue weighted by Gasteiger charge is 2.15. The first-order chi connectivity index (χ1) is 7.16. The summed E-state index contributed by atoms with van der Waals surface area (Å²) in [6.45, 7) is 1.03. The topological polar surface area (TPSA) is 53.4 Å². The number of nitrogens with zero attached hydrogens (tertiary/aromatic N) is 2. The molecule has 2 heterocycles. The Bertz CT molecular complexity index is 390. The minimum atomic E-state index is -0.805. The maximum Gasteiger partial charge on any atom is 0.307 e. The third-order valence-corrected chi connectivity index (χ3v) is 2.66. The SMILES string of the molecule is CN1CCCc2cc(CC(=O)O)cnc21. The molecule has 0 saturated heterocycles. The number of aliphatic carboxylic acids is 1. The molecule has 0 aliphatic carbocycles. The largest absolute Gasteiger partial charge is 0.481 e. The van der Waals surface area contributed by atoms with Crippen molar-refractivity contribution in [3.8, 4) is 0 Å². The lowest BCUT2D eigenvalue weighted by Gasteiger charge is -2.26. The van der Waals surface area contributed by atoms with Crippen molar-refractivity contribution < 1.29 is 9.90 Å². The highest BCUT2D eigenvalue weighted by atomic mass is 16.4. The maximum atomic E-state index is 10.6. The molecule has 0 aromatic carbocycles. The molecule has 1 aromatic heterocycles. The highest BCUT2D eigenvalue weighted by molar-refractivity contribution is 5.70. The van der Waals surface area contributed by atoms with Crippen LogP contribution in [0.15, 0.2) is 12.3 Å².